The van der Waals surface area contributed by atoms with Gasteiger partial charge in [-0.05, 0) is 95.6 Å². The molecule has 55 heavy (non-hydrogen) atoms. The summed E-state index contributed by atoms with van der Waals surface area (Å²) in [6, 6.07) is -1.22. The van der Waals surface area contributed by atoms with Crippen LogP contribution < -0.4 is 16.0 Å². The Balaban J connectivity index is 0.00000109. The normalized spacial score (nSPS) is 17.9. The first-order chi connectivity index (χ1) is 26.1. The Morgan fingerprint density at radius 2 is 1.62 bits per heavy atom. The van der Waals surface area contributed by atoms with Crippen molar-refractivity contribution in [1.29, 1.82) is 0 Å². The van der Waals surface area contributed by atoms with Gasteiger partial charge < -0.3 is 30.3 Å². The molecule has 1 heterocycles. The average Bonchev–Trinajstić information content (AvgIpc) is 3.58. The highest BCUT2D eigenvalue weighted by Crippen LogP contribution is 2.34. The van der Waals surface area contributed by atoms with E-state index in [0.29, 0.717) is 37.7 Å². The molecule has 2 rings (SSSR count). The number of ether oxygens (including phenoxy) is 2. The van der Waals surface area contributed by atoms with E-state index in [1.807, 2.05) is 32.7 Å². The molecule has 3 amide bonds. The van der Waals surface area contributed by atoms with E-state index in [0.717, 1.165) is 50.5 Å². The van der Waals surface area contributed by atoms with E-state index in [-0.39, 0.29) is 54.2 Å². The molecule has 1 aliphatic carbocycles. The van der Waals surface area contributed by atoms with Crippen molar-refractivity contribution < 1.29 is 38.2 Å². The van der Waals surface area contributed by atoms with Gasteiger partial charge in [-0.1, -0.05) is 98.1 Å². The van der Waals surface area contributed by atoms with Gasteiger partial charge >= 0.3 is 5.97 Å². The maximum Gasteiger partial charge on any atom is 0.325 e. The predicted octanol–water partition coefficient (Wildman–Crippen LogP) is 6.24. The third-order valence-corrected chi connectivity index (χ3v) is 10.7. The van der Waals surface area contributed by atoms with Crippen LogP contribution in [0, 0.1) is 23.7 Å². The van der Waals surface area contributed by atoms with E-state index < -0.39 is 18.1 Å². The van der Waals surface area contributed by atoms with Crippen molar-refractivity contribution in [2.45, 2.75) is 150 Å². The van der Waals surface area contributed by atoms with Crippen LogP contribution in [0.25, 0.3) is 0 Å². The fraction of sp³-hybridized carbons (Fsp3) is 0.721. The van der Waals surface area contributed by atoms with Crippen LogP contribution in [0.5, 0.6) is 0 Å². The molecule has 4 atom stereocenters. The number of likely N-dealkylation sites (N-methyl/N-ethyl adjacent to an activating group) is 1. The highest BCUT2D eigenvalue weighted by molar-refractivity contribution is 5.93. The summed E-state index contributed by atoms with van der Waals surface area (Å²) in [6.45, 7) is 24.0. The van der Waals surface area contributed by atoms with Crippen molar-refractivity contribution in [3.8, 4) is 0 Å². The number of hydrogen-bond acceptors (Lipinski definition) is 9. The highest BCUT2D eigenvalue weighted by atomic mass is 16.5. The van der Waals surface area contributed by atoms with Gasteiger partial charge in [-0.3, -0.25) is 28.8 Å². The van der Waals surface area contributed by atoms with Crippen LogP contribution in [0.3, 0.4) is 0 Å². The number of carbonyl (C=O) groups is 6. The van der Waals surface area contributed by atoms with Crippen molar-refractivity contribution in [1.82, 2.24) is 20.9 Å². The second-order valence-electron chi connectivity index (χ2n) is 15.5. The minimum atomic E-state index is -0.497. The third-order valence-electron chi connectivity index (χ3n) is 10.7. The van der Waals surface area contributed by atoms with Crippen LogP contribution in [0.15, 0.2) is 37.0 Å². The van der Waals surface area contributed by atoms with Gasteiger partial charge in [-0.25, -0.2) is 0 Å². The fourth-order valence-corrected chi connectivity index (χ4v) is 6.75. The molecule has 12 heteroatoms. The van der Waals surface area contributed by atoms with E-state index in [1.165, 1.54) is 19.3 Å². The Morgan fingerprint density at radius 1 is 0.982 bits per heavy atom. The highest BCUT2D eigenvalue weighted by Gasteiger charge is 2.46. The first kappa shape index (κ1) is 51.2. The SMILES string of the molecule is C=C/C=C(\C=C)COC(=O)CNC=O.CCC(C)(C)OC=O.CCCC(CCC)C(NC)C(=O)N1CCC(C(C)C)C1C(=O)NC(CCC1CCC1)C(C)=O. The summed E-state index contributed by atoms with van der Waals surface area (Å²) in [5.41, 5.74) is 0.473. The Labute approximate surface area is 332 Å². The van der Waals surface area contributed by atoms with Crippen molar-refractivity contribution in [3.63, 3.8) is 0 Å². The zero-order valence-electron chi connectivity index (χ0n) is 35.5. The van der Waals surface area contributed by atoms with Crippen molar-refractivity contribution in [2.75, 3.05) is 26.7 Å². The summed E-state index contributed by atoms with van der Waals surface area (Å²) in [5, 5.41) is 8.55. The van der Waals surface area contributed by atoms with Crippen molar-refractivity contribution in [2.24, 2.45) is 23.7 Å². The molecule has 4 unspecified atom stereocenters. The number of allylic oxidation sites excluding steroid dienone is 2. The lowest BCUT2D eigenvalue weighted by Crippen LogP contribution is -2.57. The molecule has 0 spiro atoms. The first-order valence-corrected chi connectivity index (χ1v) is 20.3. The molecule has 314 valence electrons. The zero-order chi connectivity index (χ0) is 42.0. The van der Waals surface area contributed by atoms with Gasteiger partial charge in [-0.2, -0.15) is 0 Å². The Bertz CT molecular complexity index is 1220. The fourth-order valence-electron chi connectivity index (χ4n) is 6.75. The lowest BCUT2D eigenvalue weighted by atomic mass is 9.81. The van der Waals surface area contributed by atoms with E-state index in [9.17, 15) is 28.8 Å². The largest absolute Gasteiger partial charge is 0.462 e. The van der Waals surface area contributed by atoms with Gasteiger partial charge in [0.25, 0.3) is 6.47 Å². The molecule has 1 aliphatic heterocycles. The van der Waals surface area contributed by atoms with Crippen LogP contribution >= 0.6 is 0 Å². The number of likely N-dealkylation sites (tertiary alicyclic amines) is 1. The van der Waals surface area contributed by atoms with Gasteiger partial charge in [0, 0.05) is 6.54 Å². The molecule has 1 saturated heterocycles. The van der Waals surface area contributed by atoms with Crippen LogP contribution in [0.2, 0.25) is 0 Å². The second-order valence-corrected chi connectivity index (χ2v) is 15.5. The summed E-state index contributed by atoms with van der Waals surface area (Å²) < 4.78 is 9.50. The monoisotopic (exact) mass is 775 g/mol. The summed E-state index contributed by atoms with van der Waals surface area (Å²) in [6.07, 6.45) is 16.5. The minimum absolute atomic E-state index is 0.0127. The van der Waals surface area contributed by atoms with Crippen LogP contribution in [-0.2, 0) is 38.2 Å². The molecular weight excluding hydrogens is 700 g/mol. The number of ketones is 1. The number of hydrogen-bond donors (Lipinski definition) is 3. The number of amides is 3. The quantitative estimate of drug-likeness (QED) is 0.0586. The van der Waals surface area contributed by atoms with Crippen LogP contribution in [0.4, 0.5) is 0 Å². The number of carbonyl (C=O) groups excluding carboxylic acids is 6. The molecule has 2 fully saturated rings. The molecule has 3 N–H and O–H groups in total. The summed E-state index contributed by atoms with van der Waals surface area (Å²) >= 11 is 0. The van der Waals surface area contributed by atoms with E-state index in [1.54, 1.807) is 25.2 Å². The Morgan fingerprint density at radius 3 is 2.04 bits per heavy atom. The number of rotatable bonds is 24. The lowest BCUT2D eigenvalue weighted by molar-refractivity contribution is -0.143. The maximum atomic E-state index is 13.7. The number of esters is 1. The van der Waals surface area contributed by atoms with Gasteiger partial charge in [-0.15, -0.1) is 0 Å². The molecule has 0 radical (unpaired) electrons. The number of Topliss-reactive ketones (excluding diaryl/α,β-unsaturated/α-hetero) is 1. The zero-order valence-corrected chi connectivity index (χ0v) is 35.5. The van der Waals surface area contributed by atoms with Gasteiger partial charge in [0.2, 0.25) is 18.2 Å². The predicted molar refractivity (Wildman–Crippen MR) is 219 cm³/mol. The Kier molecular flexibility index (Phi) is 26.6. The van der Waals surface area contributed by atoms with Crippen molar-refractivity contribution in [3.05, 3.63) is 37.0 Å². The molecule has 0 aromatic carbocycles. The van der Waals surface area contributed by atoms with E-state index >= 15 is 0 Å². The maximum absolute atomic E-state index is 13.7. The summed E-state index contributed by atoms with van der Waals surface area (Å²) in [5.74, 6) is 0.787. The minimum Gasteiger partial charge on any atom is -0.462 e. The average molecular weight is 775 g/mol. The van der Waals surface area contributed by atoms with Gasteiger partial charge in [0.15, 0.2) is 5.78 Å². The number of nitrogens with one attached hydrogen (secondary N) is 3. The summed E-state index contributed by atoms with van der Waals surface area (Å²) in [7, 11) is 1.86. The van der Waals surface area contributed by atoms with Crippen LogP contribution in [0.1, 0.15) is 126 Å². The lowest BCUT2D eigenvalue weighted by Gasteiger charge is -2.35. The van der Waals surface area contributed by atoms with Gasteiger partial charge in [0.05, 0.1) is 12.1 Å². The Hall–Kier alpha value is -3.80. The molecule has 0 aromatic heterocycles. The smallest absolute Gasteiger partial charge is 0.325 e. The number of nitrogens with zero attached hydrogens (tertiary/aromatic N) is 1. The van der Waals surface area contributed by atoms with Crippen LogP contribution in [-0.4, -0.2) is 91.8 Å². The standard InChI is InChI=1S/C27H49N3O3.C10H13NO3.C6H12O2/c1-7-10-21(11-8-2)24(28-6)27(33)30-17-16-22(18(3)4)25(30)26(32)29-23(19(5)31)15-14-20-12-9-13-20;1-3-5-9(4-2)7-14-10(13)6-11-8-12;1-4-6(2,3)8-5-7/h18,20-25,28H,7-17H2,1-6H3,(H,29,32);3-5,8H,1-2,6-7H2,(H,11,12);5H,4H2,1-3H3/b;9-5+;. The molecule has 0 aromatic rings. The topological polar surface area (TPSA) is 160 Å². The van der Waals surface area contributed by atoms with Gasteiger partial charge in [0.1, 0.15) is 24.8 Å². The third kappa shape index (κ3) is 19.6. The van der Waals surface area contributed by atoms with E-state index in [2.05, 4.69) is 56.8 Å². The molecule has 12 nitrogen and oxygen atoms in total. The molecule has 0 bridgehead atoms. The molecular formula is C43H74N4O8. The van der Waals surface area contributed by atoms with E-state index in [4.69, 9.17) is 9.47 Å². The molecule has 1 saturated carbocycles. The molecule has 2 aliphatic rings. The second kappa shape index (κ2) is 28.6. The summed E-state index contributed by atoms with van der Waals surface area (Å²) in [4.78, 5) is 72.0. The first-order valence-electron chi connectivity index (χ1n) is 20.3. The van der Waals surface area contributed by atoms with Crippen molar-refractivity contribution >= 4 is 36.4 Å².